The molecule has 3 aromatic rings. The average Bonchev–Trinajstić information content (AvgIpc) is 2.66. The molecule has 1 amide bonds. The van der Waals surface area contributed by atoms with E-state index < -0.39 is 0 Å². The van der Waals surface area contributed by atoms with Crippen molar-refractivity contribution in [3.8, 4) is 11.5 Å². The Morgan fingerprint density at radius 2 is 1.93 bits per heavy atom. The molecule has 0 unspecified atom stereocenters. The number of ether oxygens (including phenoxy) is 2. The fraction of sp³-hybridized carbons (Fsp3) is 0.238. The fourth-order valence-corrected chi connectivity index (χ4v) is 2.92. The summed E-state index contributed by atoms with van der Waals surface area (Å²) in [6, 6.07) is 14.2. The predicted molar refractivity (Wildman–Crippen MR) is 106 cm³/mol. The van der Waals surface area contributed by atoms with Crippen molar-refractivity contribution in [2.24, 2.45) is 0 Å². The number of nitrogens with one attached hydrogen (secondary N) is 2. The lowest BCUT2D eigenvalue weighted by molar-refractivity contribution is -0.118. The van der Waals surface area contributed by atoms with Crippen molar-refractivity contribution in [3.05, 3.63) is 64.4 Å². The lowest BCUT2D eigenvalue weighted by Crippen LogP contribution is -2.20. The zero-order chi connectivity index (χ0) is 19.2. The van der Waals surface area contributed by atoms with Gasteiger partial charge in [0.05, 0.1) is 12.6 Å². The minimum Gasteiger partial charge on any atom is -0.497 e. The molecule has 0 aliphatic heterocycles. The lowest BCUT2D eigenvalue weighted by atomic mass is 10.0. The minimum absolute atomic E-state index is 0.127. The predicted octanol–water partition coefficient (Wildman–Crippen LogP) is 3.51. The van der Waals surface area contributed by atoms with Gasteiger partial charge in [0.15, 0.2) is 6.61 Å². The summed E-state index contributed by atoms with van der Waals surface area (Å²) in [6.45, 7) is 1.95. The van der Waals surface area contributed by atoms with E-state index in [1.807, 2.05) is 12.1 Å². The third-order valence-corrected chi connectivity index (χ3v) is 4.14. The molecule has 0 fully saturated rings. The number of aryl methyl sites for hydroxylation is 1. The summed E-state index contributed by atoms with van der Waals surface area (Å²) in [5, 5.41) is 3.77. The van der Waals surface area contributed by atoms with Crippen molar-refractivity contribution in [3.63, 3.8) is 0 Å². The number of methoxy groups -OCH3 is 1. The van der Waals surface area contributed by atoms with Gasteiger partial charge in [-0.05, 0) is 36.2 Å². The van der Waals surface area contributed by atoms with Crippen molar-refractivity contribution >= 4 is 22.5 Å². The second-order valence-corrected chi connectivity index (χ2v) is 6.19. The number of aromatic nitrogens is 1. The van der Waals surface area contributed by atoms with E-state index in [4.69, 9.17) is 9.47 Å². The van der Waals surface area contributed by atoms with Crippen LogP contribution in [0.3, 0.4) is 0 Å². The van der Waals surface area contributed by atoms with Gasteiger partial charge < -0.3 is 19.8 Å². The average molecular weight is 366 g/mol. The summed E-state index contributed by atoms with van der Waals surface area (Å²) in [6.07, 6.45) is 1.79. The molecule has 6 heteroatoms. The van der Waals surface area contributed by atoms with Crippen LogP contribution in [0.1, 0.15) is 18.9 Å². The number of hydrogen-bond acceptors (Lipinski definition) is 4. The van der Waals surface area contributed by atoms with E-state index in [2.05, 4.69) is 17.2 Å². The zero-order valence-corrected chi connectivity index (χ0v) is 15.4. The SMILES string of the molecule is CCCc1cc(=O)[nH]c2cc(NC(=O)COc3cccc(OC)c3)ccc12. The summed E-state index contributed by atoms with van der Waals surface area (Å²) in [7, 11) is 1.57. The Kier molecular flexibility index (Phi) is 5.76. The van der Waals surface area contributed by atoms with Crippen LogP contribution in [-0.4, -0.2) is 24.6 Å². The summed E-state index contributed by atoms with van der Waals surface area (Å²) in [5.41, 5.74) is 2.18. The van der Waals surface area contributed by atoms with Gasteiger partial charge >= 0.3 is 0 Å². The van der Waals surface area contributed by atoms with Crippen LogP contribution in [0.4, 0.5) is 5.69 Å². The number of fused-ring (bicyclic) bond motifs is 1. The number of amides is 1. The Labute approximate surface area is 157 Å². The maximum Gasteiger partial charge on any atom is 0.262 e. The van der Waals surface area contributed by atoms with Crippen LogP contribution in [0.5, 0.6) is 11.5 Å². The maximum absolute atomic E-state index is 12.2. The van der Waals surface area contributed by atoms with E-state index in [1.54, 1.807) is 43.5 Å². The number of aromatic amines is 1. The molecule has 0 aliphatic rings. The van der Waals surface area contributed by atoms with E-state index >= 15 is 0 Å². The van der Waals surface area contributed by atoms with Gasteiger partial charge in [-0.15, -0.1) is 0 Å². The first-order valence-electron chi connectivity index (χ1n) is 8.81. The highest BCUT2D eigenvalue weighted by Gasteiger charge is 2.08. The normalized spacial score (nSPS) is 10.6. The van der Waals surface area contributed by atoms with Crippen molar-refractivity contribution in [2.45, 2.75) is 19.8 Å². The van der Waals surface area contributed by atoms with Crippen molar-refractivity contribution in [1.82, 2.24) is 4.98 Å². The highest BCUT2D eigenvalue weighted by Crippen LogP contribution is 2.21. The Hall–Kier alpha value is -3.28. The molecule has 27 heavy (non-hydrogen) atoms. The van der Waals surface area contributed by atoms with E-state index in [1.165, 1.54) is 0 Å². The molecule has 0 atom stereocenters. The van der Waals surface area contributed by atoms with Gasteiger partial charge in [0.1, 0.15) is 11.5 Å². The molecule has 1 heterocycles. The van der Waals surface area contributed by atoms with Gasteiger partial charge in [-0.1, -0.05) is 25.5 Å². The first kappa shape index (κ1) is 18.5. The van der Waals surface area contributed by atoms with E-state index in [0.717, 1.165) is 23.8 Å². The largest absolute Gasteiger partial charge is 0.497 e. The Bertz CT molecular complexity index is 1010. The standard InChI is InChI=1S/C21H22N2O4/c1-3-5-14-10-20(24)23-19-11-15(8-9-18(14)19)22-21(25)13-27-17-7-4-6-16(12-17)26-2/h4,6-12H,3,5,13H2,1-2H3,(H,22,25)(H,23,24). The first-order chi connectivity index (χ1) is 13.1. The number of pyridine rings is 1. The van der Waals surface area contributed by atoms with Gasteiger partial charge in [0.2, 0.25) is 5.56 Å². The molecule has 2 aromatic carbocycles. The summed E-state index contributed by atoms with van der Waals surface area (Å²) in [5.74, 6) is 0.926. The fourth-order valence-electron chi connectivity index (χ4n) is 2.92. The smallest absolute Gasteiger partial charge is 0.262 e. The van der Waals surface area contributed by atoms with Gasteiger partial charge in [-0.3, -0.25) is 9.59 Å². The molecule has 0 saturated carbocycles. The van der Waals surface area contributed by atoms with Gasteiger partial charge in [0.25, 0.3) is 5.91 Å². The number of benzene rings is 2. The number of carbonyl (C=O) groups is 1. The molecule has 0 aliphatic carbocycles. The van der Waals surface area contributed by atoms with Crippen LogP contribution >= 0.6 is 0 Å². The van der Waals surface area contributed by atoms with Crippen LogP contribution < -0.4 is 20.3 Å². The molecular weight excluding hydrogens is 344 g/mol. The summed E-state index contributed by atoms with van der Waals surface area (Å²) in [4.78, 5) is 26.8. The summed E-state index contributed by atoms with van der Waals surface area (Å²) >= 11 is 0. The quantitative estimate of drug-likeness (QED) is 0.671. The monoisotopic (exact) mass is 366 g/mol. The third-order valence-electron chi connectivity index (χ3n) is 4.14. The highest BCUT2D eigenvalue weighted by molar-refractivity contribution is 5.94. The van der Waals surface area contributed by atoms with Crippen LogP contribution in [-0.2, 0) is 11.2 Å². The molecule has 2 N–H and O–H groups in total. The number of H-pyrrole nitrogens is 1. The maximum atomic E-state index is 12.2. The summed E-state index contributed by atoms with van der Waals surface area (Å²) < 4.78 is 10.6. The minimum atomic E-state index is -0.288. The molecular formula is C21H22N2O4. The van der Waals surface area contributed by atoms with Crippen LogP contribution in [0, 0.1) is 0 Å². The Morgan fingerprint density at radius 3 is 2.70 bits per heavy atom. The topological polar surface area (TPSA) is 80.4 Å². The molecule has 6 nitrogen and oxygen atoms in total. The second kappa shape index (κ2) is 8.40. The number of rotatable bonds is 7. The third kappa shape index (κ3) is 4.67. The molecule has 0 bridgehead atoms. The second-order valence-electron chi connectivity index (χ2n) is 6.19. The molecule has 0 spiro atoms. The first-order valence-corrected chi connectivity index (χ1v) is 8.81. The molecule has 3 rings (SSSR count). The Morgan fingerprint density at radius 1 is 1.11 bits per heavy atom. The van der Waals surface area contributed by atoms with Crippen LogP contribution in [0.2, 0.25) is 0 Å². The van der Waals surface area contributed by atoms with Crippen molar-refractivity contribution in [1.29, 1.82) is 0 Å². The molecule has 0 saturated heterocycles. The lowest BCUT2D eigenvalue weighted by Gasteiger charge is -2.10. The number of carbonyl (C=O) groups excluding carboxylic acids is 1. The molecule has 1 aromatic heterocycles. The van der Waals surface area contributed by atoms with E-state index in [9.17, 15) is 9.59 Å². The van der Waals surface area contributed by atoms with Gasteiger partial charge in [0, 0.05) is 23.2 Å². The van der Waals surface area contributed by atoms with Crippen molar-refractivity contribution in [2.75, 3.05) is 19.0 Å². The van der Waals surface area contributed by atoms with Crippen molar-refractivity contribution < 1.29 is 14.3 Å². The Balaban J connectivity index is 1.70. The van der Waals surface area contributed by atoms with E-state index in [-0.39, 0.29) is 18.1 Å². The highest BCUT2D eigenvalue weighted by atomic mass is 16.5. The molecule has 140 valence electrons. The van der Waals surface area contributed by atoms with Gasteiger partial charge in [-0.2, -0.15) is 0 Å². The molecule has 0 radical (unpaired) electrons. The van der Waals surface area contributed by atoms with E-state index in [0.29, 0.717) is 22.7 Å². The zero-order valence-electron chi connectivity index (χ0n) is 15.4. The number of hydrogen-bond donors (Lipinski definition) is 2. The van der Waals surface area contributed by atoms with Crippen LogP contribution in [0.15, 0.2) is 53.3 Å². The van der Waals surface area contributed by atoms with Crippen LogP contribution in [0.25, 0.3) is 10.9 Å². The van der Waals surface area contributed by atoms with Gasteiger partial charge in [-0.25, -0.2) is 0 Å². The number of anilines is 1.